The van der Waals surface area contributed by atoms with E-state index in [1.54, 1.807) is 24.3 Å². The van der Waals surface area contributed by atoms with E-state index in [0.29, 0.717) is 5.75 Å². The van der Waals surface area contributed by atoms with Crippen LogP contribution in [0.5, 0.6) is 17.2 Å². The molecule has 0 saturated heterocycles. The Hall–Kier alpha value is -2.74. The molecule has 0 aliphatic heterocycles. The van der Waals surface area contributed by atoms with Gasteiger partial charge in [0, 0.05) is 0 Å². The third-order valence-electron chi connectivity index (χ3n) is 3.25. The second-order valence-corrected chi connectivity index (χ2v) is 4.90. The highest BCUT2D eigenvalue weighted by atomic mass is 16.5. The van der Waals surface area contributed by atoms with Gasteiger partial charge in [0.25, 0.3) is 0 Å². The first-order valence-corrected chi connectivity index (χ1v) is 6.89. The van der Waals surface area contributed by atoms with Crippen LogP contribution < -0.4 is 4.74 Å². The van der Waals surface area contributed by atoms with Gasteiger partial charge in [0.15, 0.2) is 0 Å². The molecule has 0 spiro atoms. The fraction of sp³-hybridized carbons (Fsp3) is 0.0526. The molecule has 104 valence electrons. The summed E-state index contributed by atoms with van der Waals surface area (Å²) in [6, 6.07) is 25.2. The monoisotopic (exact) mass is 276 g/mol. The summed E-state index contributed by atoms with van der Waals surface area (Å²) >= 11 is 0. The zero-order chi connectivity index (χ0) is 14.5. The maximum atomic E-state index is 9.24. The van der Waals surface area contributed by atoms with Gasteiger partial charge in [0.05, 0.1) is 0 Å². The fourth-order valence-electron chi connectivity index (χ4n) is 2.16. The third-order valence-corrected chi connectivity index (χ3v) is 3.25. The zero-order valence-electron chi connectivity index (χ0n) is 11.6. The van der Waals surface area contributed by atoms with Crippen LogP contribution in [0.1, 0.15) is 11.1 Å². The van der Waals surface area contributed by atoms with Crippen LogP contribution in [0.15, 0.2) is 78.9 Å². The van der Waals surface area contributed by atoms with Crippen molar-refractivity contribution in [1.29, 1.82) is 0 Å². The van der Waals surface area contributed by atoms with Crippen molar-refractivity contribution in [2.45, 2.75) is 6.42 Å². The molecule has 2 nitrogen and oxygen atoms in total. The first-order chi connectivity index (χ1) is 10.3. The van der Waals surface area contributed by atoms with Crippen LogP contribution in [0.25, 0.3) is 0 Å². The number of rotatable bonds is 4. The number of hydrogen-bond acceptors (Lipinski definition) is 2. The highest BCUT2D eigenvalue weighted by molar-refractivity contribution is 5.36. The zero-order valence-corrected chi connectivity index (χ0v) is 11.6. The standard InChI is InChI=1S/C19H16O2/c20-17-8-12-19(13-9-17)21-18-10-6-16(7-11-18)14-15-4-2-1-3-5-15/h1-13,20H,14H2. The summed E-state index contributed by atoms with van der Waals surface area (Å²) in [6.07, 6.45) is 0.917. The minimum atomic E-state index is 0.237. The molecular weight excluding hydrogens is 260 g/mol. The highest BCUT2D eigenvalue weighted by Gasteiger charge is 1.99. The Morgan fingerprint density at radius 2 is 1.14 bits per heavy atom. The Balaban J connectivity index is 1.68. The summed E-state index contributed by atoms with van der Waals surface area (Å²) in [5.74, 6) is 1.74. The van der Waals surface area contributed by atoms with E-state index in [1.165, 1.54) is 11.1 Å². The molecule has 3 aromatic rings. The van der Waals surface area contributed by atoms with Gasteiger partial charge in [-0.05, 0) is 53.9 Å². The summed E-state index contributed by atoms with van der Waals surface area (Å²) in [7, 11) is 0. The normalized spacial score (nSPS) is 10.3. The van der Waals surface area contributed by atoms with E-state index in [0.717, 1.165) is 12.2 Å². The molecule has 0 unspecified atom stereocenters. The van der Waals surface area contributed by atoms with Gasteiger partial charge in [0.2, 0.25) is 0 Å². The van der Waals surface area contributed by atoms with Crippen molar-refractivity contribution in [3.8, 4) is 17.2 Å². The quantitative estimate of drug-likeness (QED) is 0.743. The van der Waals surface area contributed by atoms with Gasteiger partial charge < -0.3 is 9.84 Å². The lowest BCUT2D eigenvalue weighted by atomic mass is 10.1. The number of ether oxygens (including phenoxy) is 1. The predicted octanol–water partition coefficient (Wildman–Crippen LogP) is 4.78. The summed E-state index contributed by atoms with van der Waals surface area (Å²) < 4.78 is 5.73. The average Bonchev–Trinajstić information content (AvgIpc) is 2.53. The molecule has 0 amide bonds. The maximum absolute atomic E-state index is 9.24. The molecule has 0 atom stereocenters. The molecule has 0 fully saturated rings. The van der Waals surface area contributed by atoms with Crippen LogP contribution in [-0.2, 0) is 6.42 Å². The molecule has 21 heavy (non-hydrogen) atoms. The van der Waals surface area contributed by atoms with Crippen LogP contribution >= 0.6 is 0 Å². The second kappa shape index (κ2) is 6.14. The number of hydrogen-bond donors (Lipinski definition) is 1. The van der Waals surface area contributed by atoms with E-state index in [-0.39, 0.29) is 5.75 Å². The molecule has 3 rings (SSSR count). The SMILES string of the molecule is Oc1ccc(Oc2ccc(Cc3ccccc3)cc2)cc1. The van der Waals surface area contributed by atoms with E-state index in [9.17, 15) is 5.11 Å². The van der Waals surface area contributed by atoms with Gasteiger partial charge in [0.1, 0.15) is 17.2 Å². The minimum Gasteiger partial charge on any atom is -0.508 e. The Kier molecular flexibility index (Phi) is 3.88. The van der Waals surface area contributed by atoms with E-state index >= 15 is 0 Å². The van der Waals surface area contributed by atoms with E-state index < -0.39 is 0 Å². The van der Waals surface area contributed by atoms with Gasteiger partial charge >= 0.3 is 0 Å². The molecule has 2 heteroatoms. The van der Waals surface area contributed by atoms with E-state index in [4.69, 9.17) is 4.74 Å². The maximum Gasteiger partial charge on any atom is 0.127 e. The molecule has 0 radical (unpaired) electrons. The van der Waals surface area contributed by atoms with Crippen molar-refractivity contribution in [2.24, 2.45) is 0 Å². The largest absolute Gasteiger partial charge is 0.508 e. The molecule has 1 N–H and O–H groups in total. The van der Waals surface area contributed by atoms with Crippen molar-refractivity contribution >= 4 is 0 Å². The Morgan fingerprint density at radius 1 is 0.619 bits per heavy atom. The molecule has 3 aromatic carbocycles. The smallest absolute Gasteiger partial charge is 0.127 e. The van der Waals surface area contributed by atoms with Gasteiger partial charge in [-0.2, -0.15) is 0 Å². The summed E-state index contributed by atoms with van der Waals surface area (Å²) in [6.45, 7) is 0. The Morgan fingerprint density at radius 3 is 1.76 bits per heavy atom. The molecule has 0 saturated carbocycles. The van der Waals surface area contributed by atoms with Crippen molar-refractivity contribution in [3.05, 3.63) is 90.0 Å². The van der Waals surface area contributed by atoms with Gasteiger partial charge in [-0.15, -0.1) is 0 Å². The topological polar surface area (TPSA) is 29.5 Å². The predicted molar refractivity (Wildman–Crippen MR) is 83.9 cm³/mol. The molecule has 0 aliphatic rings. The molecule has 0 bridgehead atoms. The van der Waals surface area contributed by atoms with Gasteiger partial charge in [-0.1, -0.05) is 42.5 Å². The number of aromatic hydroxyl groups is 1. The van der Waals surface area contributed by atoms with E-state index in [2.05, 4.69) is 36.4 Å². The van der Waals surface area contributed by atoms with Crippen molar-refractivity contribution < 1.29 is 9.84 Å². The Labute approximate surface area is 124 Å². The molecule has 0 aliphatic carbocycles. The fourth-order valence-corrected chi connectivity index (χ4v) is 2.16. The first kappa shape index (κ1) is 13.3. The first-order valence-electron chi connectivity index (χ1n) is 6.89. The summed E-state index contributed by atoms with van der Waals surface area (Å²) in [5.41, 5.74) is 2.55. The van der Waals surface area contributed by atoms with Crippen molar-refractivity contribution in [3.63, 3.8) is 0 Å². The third kappa shape index (κ3) is 3.63. The van der Waals surface area contributed by atoms with Gasteiger partial charge in [-0.3, -0.25) is 0 Å². The average molecular weight is 276 g/mol. The van der Waals surface area contributed by atoms with Gasteiger partial charge in [-0.25, -0.2) is 0 Å². The lowest BCUT2D eigenvalue weighted by Crippen LogP contribution is -1.88. The van der Waals surface area contributed by atoms with Crippen LogP contribution in [0, 0.1) is 0 Å². The number of phenolic OH excluding ortho intramolecular Hbond substituents is 1. The lowest BCUT2D eigenvalue weighted by Gasteiger charge is -2.07. The molecule has 0 aromatic heterocycles. The van der Waals surface area contributed by atoms with Crippen LogP contribution in [-0.4, -0.2) is 5.11 Å². The molecule has 0 heterocycles. The molecular formula is C19H16O2. The number of benzene rings is 3. The second-order valence-electron chi connectivity index (χ2n) is 4.90. The van der Waals surface area contributed by atoms with Crippen LogP contribution in [0.3, 0.4) is 0 Å². The Bertz CT molecular complexity index is 686. The summed E-state index contributed by atoms with van der Waals surface area (Å²) in [4.78, 5) is 0. The summed E-state index contributed by atoms with van der Waals surface area (Å²) in [5, 5.41) is 9.24. The lowest BCUT2D eigenvalue weighted by molar-refractivity contribution is 0.464. The highest BCUT2D eigenvalue weighted by Crippen LogP contribution is 2.24. The van der Waals surface area contributed by atoms with E-state index in [1.807, 2.05) is 18.2 Å². The van der Waals surface area contributed by atoms with Crippen molar-refractivity contribution in [1.82, 2.24) is 0 Å². The van der Waals surface area contributed by atoms with Crippen LogP contribution in [0.4, 0.5) is 0 Å². The van der Waals surface area contributed by atoms with Crippen molar-refractivity contribution in [2.75, 3.05) is 0 Å². The minimum absolute atomic E-state index is 0.237. The number of phenols is 1. The van der Waals surface area contributed by atoms with Crippen LogP contribution in [0.2, 0.25) is 0 Å².